The van der Waals surface area contributed by atoms with E-state index in [1.54, 1.807) is 24.3 Å². The molecule has 1 unspecified atom stereocenters. The lowest BCUT2D eigenvalue weighted by Crippen LogP contribution is -2.48. The van der Waals surface area contributed by atoms with E-state index >= 15 is 0 Å². The lowest BCUT2D eigenvalue weighted by Gasteiger charge is -2.26. The zero-order valence-corrected chi connectivity index (χ0v) is 13.4. The van der Waals surface area contributed by atoms with Crippen LogP contribution < -0.4 is 0 Å². The zero-order valence-electron chi connectivity index (χ0n) is 11.9. The average molecular weight is 343 g/mol. The minimum Gasteiger partial charge on any atom is -0.480 e. The van der Waals surface area contributed by atoms with Crippen LogP contribution in [0.3, 0.4) is 0 Å². The highest BCUT2D eigenvalue weighted by atomic mass is 35.5. The number of likely N-dealkylation sites (N-methyl/N-ethyl adjacent to an activating group) is 1. The number of carboxylic acid groups (broad SMARTS) is 1. The van der Waals surface area contributed by atoms with Gasteiger partial charge in [-0.25, -0.2) is 0 Å². The first-order valence-electron chi connectivity index (χ1n) is 6.51. The number of carbonyl (C=O) groups is 3. The van der Waals surface area contributed by atoms with Crippen molar-refractivity contribution < 1.29 is 19.5 Å². The second-order valence-electron chi connectivity index (χ2n) is 4.89. The van der Waals surface area contributed by atoms with Crippen LogP contribution in [0.25, 0.3) is 0 Å². The zero-order chi connectivity index (χ0) is 16.3. The van der Waals surface area contributed by atoms with Crippen molar-refractivity contribution >= 4 is 41.1 Å². The summed E-state index contributed by atoms with van der Waals surface area (Å²) in [6.45, 7) is -0.386. The molecule has 6 nitrogen and oxygen atoms in total. The third-order valence-corrected chi connectivity index (χ3v) is 4.53. The highest BCUT2D eigenvalue weighted by Crippen LogP contribution is 2.24. The normalized spacial score (nSPS) is 17.4. The Morgan fingerprint density at radius 1 is 1.36 bits per heavy atom. The Bertz CT molecular complexity index is 593. The molecule has 22 heavy (non-hydrogen) atoms. The molecule has 1 aliphatic heterocycles. The fourth-order valence-electron chi connectivity index (χ4n) is 2.14. The number of rotatable bonds is 4. The Morgan fingerprint density at radius 2 is 2.00 bits per heavy atom. The van der Waals surface area contributed by atoms with Crippen molar-refractivity contribution in [3.05, 3.63) is 34.9 Å². The molecule has 8 heteroatoms. The standard InChI is InChI=1S/C14H15ClN2O4S/c1-16(6-12(18)19)14(21)11-7-22-8-17(11)13(20)9-2-4-10(15)5-3-9/h2-5,11H,6-8H2,1H3,(H,18,19). The van der Waals surface area contributed by atoms with E-state index in [4.69, 9.17) is 16.7 Å². The van der Waals surface area contributed by atoms with E-state index in [1.807, 2.05) is 0 Å². The molecule has 1 atom stereocenters. The number of hydrogen-bond donors (Lipinski definition) is 1. The molecule has 2 rings (SSSR count). The summed E-state index contributed by atoms with van der Waals surface area (Å²) in [5.74, 6) is -0.850. The van der Waals surface area contributed by atoms with E-state index in [0.717, 1.165) is 4.90 Å². The van der Waals surface area contributed by atoms with Gasteiger partial charge in [0.05, 0.1) is 5.88 Å². The van der Waals surface area contributed by atoms with Crippen LogP contribution in [-0.4, -0.2) is 64.0 Å². The highest BCUT2D eigenvalue weighted by molar-refractivity contribution is 7.99. The van der Waals surface area contributed by atoms with Crippen LogP contribution in [0.4, 0.5) is 0 Å². The van der Waals surface area contributed by atoms with Gasteiger partial charge in [0.25, 0.3) is 5.91 Å². The topological polar surface area (TPSA) is 77.9 Å². The predicted molar refractivity (Wildman–Crippen MR) is 84.0 cm³/mol. The number of benzene rings is 1. The van der Waals surface area contributed by atoms with E-state index in [-0.39, 0.29) is 18.4 Å². The molecule has 0 spiro atoms. The third-order valence-electron chi connectivity index (χ3n) is 3.27. The maximum atomic E-state index is 12.5. The van der Waals surface area contributed by atoms with Gasteiger partial charge in [0.1, 0.15) is 12.6 Å². The van der Waals surface area contributed by atoms with Gasteiger partial charge < -0.3 is 14.9 Å². The Morgan fingerprint density at radius 3 is 2.59 bits per heavy atom. The van der Waals surface area contributed by atoms with Gasteiger partial charge in [-0.05, 0) is 24.3 Å². The van der Waals surface area contributed by atoms with E-state index in [9.17, 15) is 14.4 Å². The lowest BCUT2D eigenvalue weighted by atomic mass is 10.1. The number of aliphatic carboxylic acids is 1. The molecule has 1 heterocycles. The van der Waals surface area contributed by atoms with Crippen molar-refractivity contribution in [2.75, 3.05) is 25.2 Å². The van der Waals surface area contributed by atoms with E-state index in [2.05, 4.69) is 0 Å². The van der Waals surface area contributed by atoms with Crippen molar-refractivity contribution in [2.24, 2.45) is 0 Å². The minimum absolute atomic E-state index is 0.260. The summed E-state index contributed by atoms with van der Waals surface area (Å²) < 4.78 is 0. The molecule has 1 fully saturated rings. The van der Waals surface area contributed by atoms with Gasteiger partial charge in [0, 0.05) is 23.4 Å². The Kier molecular flexibility index (Phi) is 5.31. The predicted octanol–water partition coefficient (Wildman–Crippen LogP) is 1.40. The molecular formula is C14H15ClN2O4S. The van der Waals surface area contributed by atoms with Crippen molar-refractivity contribution in [3.63, 3.8) is 0 Å². The fourth-order valence-corrected chi connectivity index (χ4v) is 3.41. The molecule has 0 saturated carbocycles. The molecule has 1 aromatic rings. The molecule has 2 amide bonds. The van der Waals surface area contributed by atoms with Gasteiger partial charge in [0.15, 0.2) is 0 Å². The van der Waals surface area contributed by atoms with Gasteiger partial charge in [-0.1, -0.05) is 11.6 Å². The number of carboxylic acids is 1. The van der Waals surface area contributed by atoms with E-state index < -0.39 is 12.0 Å². The quantitative estimate of drug-likeness (QED) is 0.894. The SMILES string of the molecule is CN(CC(=O)O)C(=O)C1CSCN1C(=O)c1ccc(Cl)cc1. The van der Waals surface area contributed by atoms with E-state index in [1.165, 1.54) is 23.7 Å². The van der Waals surface area contributed by atoms with Crippen molar-refractivity contribution in [3.8, 4) is 0 Å². The molecular weight excluding hydrogens is 328 g/mol. The second-order valence-corrected chi connectivity index (χ2v) is 6.32. The third kappa shape index (κ3) is 3.72. The lowest BCUT2D eigenvalue weighted by molar-refractivity contribution is -0.144. The molecule has 0 aliphatic carbocycles. The highest BCUT2D eigenvalue weighted by Gasteiger charge is 2.36. The smallest absolute Gasteiger partial charge is 0.323 e. The molecule has 1 saturated heterocycles. The molecule has 1 N–H and O–H groups in total. The first-order valence-corrected chi connectivity index (χ1v) is 8.04. The number of hydrogen-bond acceptors (Lipinski definition) is 4. The number of carbonyl (C=O) groups excluding carboxylic acids is 2. The summed E-state index contributed by atoms with van der Waals surface area (Å²) in [6.07, 6.45) is 0. The second kappa shape index (κ2) is 7.02. The maximum Gasteiger partial charge on any atom is 0.323 e. The first-order chi connectivity index (χ1) is 10.4. The number of halogens is 1. The van der Waals surface area contributed by atoms with Gasteiger partial charge in [-0.15, -0.1) is 11.8 Å². The average Bonchev–Trinajstić information content (AvgIpc) is 2.95. The summed E-state index contributed by atoms with van der Waals surface area (Å²) in [5.41, 5.74) is 0.450. The molecule has 1 aliphatic rings. The summed E-state index contributed by atoms with van der Waals surface area (Å²) >= 11 is 7.26. The van der Waals surface area contributed by atoms with Crippen LogP contribution >= 0.6 is 23.4 Å². The number of thioether (sulfide) groups is 1. The van der Waals surface area contributed by atoms with Gasteiger partial charge >= 0.3 is 5.97 Å². The van der Waals surface area contributed by atoms with Crippen molar-refractivity contribution in [2.45, 2.75) is 6.04 Å². The van der Waals surface area contributed by atoms with Crippen LogP contribution in [0.1, 0.15) is 10.4 Å². The van der Waals surface area contributed by atoms with Gasteiger partial charge in [0.2, 0.25) is 5.91 Å². The molecule has 0 aromatic heterocycles. The molecule has 0 radical (unpaired) electrons. The summed E-state index contributed by atoms with van der Waals surface area (Å²) in [7, 11) is 1.42. The first kappa shape index (κ1) is 16.6. The van der Waals surface area contributed by atoms with Crippen LogP contribution in [0.5, 0.6) is 0 Å². The van der Waals surface area contributed by atoms with Crippen LogP contribution in [0.2, 0.25) is 5.02 Å². The largest absolute Gasteiger partial charge is 0.480 e. The van der Waals surface area contributed by atoms with Crippen molar-refractivity contribution in [1.82, 2.24) is 9.80 Å². The van der Waals surface area contributed by atoms with Gasteiger partial charge in [-0.3, -0.25) is 14.4 Å². The molecule has 1 aromatic carbocycles. The number of amides is 2. The summed E-state index contributed by atoms with van der Waals surface area (Å²) in [4.78, 5) is 38.1. The van der Waals surface area contributed by atoms with Crippen LogP contribution in [-0.2, 0) is 9.59 Å². The van der Waals surface area contributed by atoms with Crippen LogP contribution in [0.15, 0.2) is 24.3 Å². The molecule has 0 bridgehead atoms. The maximum absolute atomic E-state index is 12.5. The summed E-state index contributed by atoms with van der Waals surface area (Å²) in [6, 6.07) is 5.81. The van der Waals surface area contributed by atoms with E-state index in [0.29, 0.717) is 22.2 Å². The van der Waals surface area contributed by atoms with Crippen molar-refractivity contribution in [1.29, 1.82) is 0 Å². The van der Waals surface area contributed by atoms with Crippen LogP contribution in [0, 0.1) is 0 Å². The minimum atomic E-state index is -1.09. The summed E-state index contributed by atoms with van der Waals surface area (Å²) in [5, 5.41) is 9.29. The Labute approximate surface area is 137 Å². The molecule has 118 valence electrons. The Hall–Kier alpha value is -1.73. The van der Waals surface area contributed by atoms with Gasteiger partial charge in [-0.2, -0.15) is 0 Å². The monoisotopic (exact) mass is 342 g/mol. The Balaban J connectivity index is 2.13. The fraction of sp³-hybridized carbons (Fsp3) is 0.357. The number of nitrogens with zero attached hydrogens (tertiary/aromatic N) is 2.